The molecule has 3 aromatic rings. The summed E-state index contributed by atoms with van der Waals surface area (Å²) in [4.78, 5) is 6.15. The van der Waals surface area contributed by atoms with Crippen molar-refractivity contribution in [2.24, 2.45) is 0 Å². The van der Waals surface area contributed by atoms with Crippen LogP contribution in [0.4, 0.5) is 17.3 Å². The standard InChI is InChI=1S/C18H21N7O3S/c1-13-18(14(2)28-23-13)29(26,27)25-11-9-24(10-12-25)17-4-3-16(21-22-17)20-15-5-7-19-8-6-15/h3-8H,9-12H2,1-2H3,(H,19,20,21). The third kappa shape index (κ3) is 3.91. The maximum absolute atomic E-state index is 12.9. The summed E-state index contributed by atoms with van der Waals surface area (Å²) in [6, 6.07) is 7.40. The van der Waals surface area contributed by atoms with Crippen molar-refractivity contribution in [3.63, 3.8) is 0 Å². The van der Waals surface area contributed by atoms with Crippen molar-refractivity contribution in [2.75, 3.05) is 36.4 Å². The number of nitrogens with one attached hydrogen (secondary N) is 1. The topological polar surface area (TPSA) is 117 Å². The van der Waals surface area contributed by atoms with Crippen molar-refractivity contribution < 1.29 is 12.9 Å². The Morgan fingerprint density at radius 1 is 1.00 bits per heavy atom. The van der Waals surface area contributed by atoms with Gasteiger partial charge in [-0.1, -0.05) is 5.16 Å². The van der Waals surface area contributed by atoms with E-state index in [0.717, 1.165) is 5.69 Å². The molecule has 0 aromatic carbocycles. The highest BCUT2D eigenvalue weighted by Gasteiger charge is 2.33. The van der Waals surface area contributed by atoms with Crippen LogP contribution in [0.2, 0.25) is 0 Å². The number of sulfonamides is 1. The molecule has 0 radical (unpaired) electrons. The van der Waals surface area contributed by atoms with E-state index in [9.17, 15) is 8.42 Å². The number of nitrogens with zero attached hydrogens (tertiary/aromatic N) is 6. The summed E-state index contributed by atoms with van der Waals surface area (Å²) in [6.45, 7) is 5.00. The van der Waals surface area contributed by atoms with Crippen LogP contribution in [0.3, 0.4) is 0 Å². The molecule has 1 N–H and O–H groups in total. The Balaban J connectivity index is 1.41. The summed E-state index contributed by atoms with van der Waals surface area (Å²) in [5.41, 5.74) is 1.26. The van der Waals surface area contributed by atoms with Crippen molar-refractivity contribution >= 4 is 27.3 Å². The van der Waals surface area contributed by atoms with Crippen LogP contribution in [0.5, 0.6) is 0 Å². The molecule has 0 spiro atoms. The fourth-order valence-electron chi connectivity index (χ4n) is 3.27. The van der Waals surface area contributed by atoms with Gasteiger partial charge in [-0.3, -0.25) is 4.98 Å². The Kier molecular flexibility index (Phi) is 5.16. The Morgan fingerprint density at radius 3 is 2.31 bits per heavy atom. The van der Waals surface area contributed by atoms with Gasteiger partial charge >= 0.3 is 0 Å². The average molecular weight is 415 g/mol. The SMILES string of the molecule is Cc1noc(C)c1S(=O)(=O)N1CCN(c2ccc(Nc3ccncc3)nn2)CC1. The lowest BCUT2D eigenvalue weighted by atomic mass is 10.3. The van der Waals surface area contributed by atoms with Gasteiger partial charge in [0.2, 0.25) is 10.0 Å². The number of pyridine rings is 1. The third-order valence-corrected chi connectivity index (χ3v) is 6.88. The first-order chi connectivity index (χ1) is 13.9. The summed E-state index contributed by atoms with van der Waals surface area (Å²) < 4.78 is 32.3. The number of piperazine rings is 1. The van der Waals surface area contributed by atoms with Gasteiger partial charge in [0.25, 0.3) is 0 Å². The lowest BCUT2D eigenvalue weighted by Gasteiger charge is -2.34. The quantitative estimate of drug-likeness (QED) is 0.664. The van der Waals surface area contributed by atoms with Gasteiger partial charge in [-0.15, -0.1) is 10.2 Å². The average Bonchev–Trinajstić information content (AvgIpc) is 3.08. The summed E-state index contributed by atoms with van der Waals surface area (Å²) in [6.07, 6.45) is 3.39. The zero-order valence-electron chi connectivity index (χ0n) is 16.1. The summed E-state index contributed by atoms with van der Waals surface area (Å²) in [7, 11) is -3.63. The maximum atomic E-state index is 12.9. The van der Waals surface area contributed by atoms with E-state index in [0.29, 0.717) is 49.3 Å². The van der Waals surface area contributed by atoms with E-state index in [1.54, 1.807) is 26.2 Å². The van der Waals surface area contributed by atoms with E-state index in [1.165, 1.54) is 4.31 Å². The van der Waals surface area contributed by atoms with E-state index in [2.05, 4.69) is 25.7 Å². The van der Waals surface area contributed by atoms with Crippen LogP contribution in [-0.2, 0) is 10.0 Å². The van der Waals surface area contributed by atoms with E-state index >= 15 is 0 Å². The smallest absolute Gasteiger partial charge is 0.248 e. The first kappa shape index (κ1) is 19.3. The molecule has 4 rings (SSSR count). The number of hydrogen-bond acceptors (Lipinski definition) is 9. The molecule has 1 fully saturated rings. The normalized spacial score (nSPS) is 15.4. The summed E-state index contributed by atoms with van der Waals surface area (Å²) in [5, 5.41) is 15.4. The number of rotatable bonds is 5. The van der Waals surface area contributed by atoms with Crippen LogP contribution in [-0.4, -0.2) is 59.2 Å². The van der Waals surface area contributed by atoms with Crippen LogP contribution in [0.15, 0.2) is 46.1 Å². The van der Waals surface area contributed by atoms with Crippen LogP contribution in [0.25, 0.3) is 0 Å². The number of anilines is 3. The zero-order chi connectivity index (χ0) is 20.4. The Bertz CT molecular complexity index is 1060. The second-order valence-electron chi connectivity index (χ2n) is 6.68. The zero-order valence-corrected chi connectivity index (χ0v) is 16.9. The molecule has 0 unspecified atom stereocenters. The van der Waals surface area contributed by atoms with Crippen LogP contribution in [0, 0.1) is 13.8 Å². The molecule has 3 aromatic heterocycles. The molecule has 0 atom stereocenters. The molecular formula is C18H21N7O3S. The lowest BCUT2D eigenvalue weighted by Crippen LogP contribution is -2.49. The summed E-state index contributed by atoms with van der Waals surface area (Å²) >= 11 is 0. The molecule has 29 heavy (non-hydrogen) atoms. The predicted octanol–water partition coefficient (Wildman–Crippen LogP) is 1.73. The minimum atomic E-state index is -3.63. The Labute approximate surface area is 168 Å². The monoisotopic (exact) mass is 415 g/mol. The molecule has 10 nitrogen and oxygen atoms in total. The summed E-state index contributed by atoms with van der Waals surface area (Å²) in [5.74, 6) is 1.65. The Morgan fingerprint density at radius 2 is 1.72 bits per heavy atom. The third-order valence-electron chi connectivity index (χ3n) is 4.73. The van der Waals surface area contributed by atoms with Gasteiger partial charge in [0.05, 0.1) is 0 Å². The molecule has 11 heteroatoms. The fraction of sp³-hybridized carbons (Fsp3) is 0.333. The second-order valence-corrected chi connectivity index (χ2v) is 8.56. The first-order valence-corrected chi connectivity index (χ1v) is 10.6. The van der Waals surface area contributed by atoms with E-state index in [-0.39, 0.29) is 4.90 Å². The van der Waals surface area contributed by atoms with Gasteiger partial charge in [-0.25, -0.2) is 8.42 Å². The van der Waals surface area contributed by atoms with Crippen molar-refractivity contribution in [2.45, 2.75) is 18.7 Å². The van der Waals surface area contributed by atoms with E-state index < -0.39 is 10.0 Å². The minimum absolute atomic E-state index is 0.164. The highest BCUT2D eigenvalue weighted by atomic mass is 32.2. The largest absolute Gasteiger partial charge is 0.360 e. The van der Waals surface area contributed by atoms with Crippen molar-refractivity contribution in [1.82, 2.24) is 24.6 Å². The highest BCUT2D eigenvalue weighted by Crippen LogP contribution is 2.25. The highest BCUT2D eigenvalue weighted by molar-refractivity contribution is 7.89. The van der Waals surface area contributed by atoms with Gasteiger partial charge in [0.1, 0.15) is 10.6 Å². The molecule has 1 aliphatic rings. The Hall–Kier alpha value is -3.05. The van der Waals surface area contributed by atoms with E-state index in [1.807, 2.05) is 29.2 Å². The molecule has 0 amide bonds. The molecule has 0 aliphatic carbocycles. The van der Waals surface area contributed by atoms with Crippen molar-refractivity contribution in [3.05, 3.63) is 48.1 Å². The predicted molar refractivity (Wildman–Crippen MR) is 107 cm³/mol. The minimum Gasteiger partial charge on any atom is -0.360 e. The molecule has 0 saturated carbocycles. The van der Waals surface area contributed by atoms with Crippen LogP contribution >= 0.6 is 0 Å². The molecule has 1 aliphatic heterocycles. The van der Waals surface area contributed by atoms with Gasteiger partial charge in [0.15, 0.2) is 17.4 Å². The molecule has 152 valence electrons. The number of aromatic nitrogens is 4. The van der Waals surface area contributed by atoms with Crippen molar-refractivity contribution in [1.29, 1.82) is 0 Å². The molecule has 0 bridgehead atoms. The van der Waals surface area contributed by atoms with Crippen molar-refractivity contribution in [3.8, 4) is 0 Å². The van der Waals surface area contributed by atoms with Gasteiger partial charge in [-0.2, -0.15) is 4.31 Å². The van der Waals surface area contributed by atoms with Gasteiger partial charge < -0.3 is 14.7 Å². The van der Waals surface area contributed by atoms with Crippen LogP contribution in [0.1, 0.15) is 11.5 Å². The number of hydrogen-bond donors (Lipinski definition) is 1. The lowest BCUT2D eigenvalue weighted by molar-refractivity contribution is 0.377. The van der Waals surface area contributed by atoms with E-state index in [4.69, 9.17) is 4.52 Å². The van der Waals surface area contributed by atoms with Gasteiger partial charge in [-0.05, 0) is 38.1 Å². The maximum Gasteiger partial charge on any atom is 0.248 e. The molecule has 1 saturated heterocycles. The second kappa shape index (κ2) is 7.76. The molecule has 4 heterocycles. The van der Waals surface area contributed by atoms with Gasteiger partial charge in [0, 0.05) is 44.3 Å². The number of aryl methyl sites for hydroxylation is 2. The first-order valence-electron chi connectivity index (χ1n) is 9.14. The fourth-order valence-corrected chi connectivity index (χ4v) is 4.99. The van der Waals surface area contributed by atoms with Crippen LogP contribution < -0.4 is 10.2 Å². The molecular weight excluding hydrogens is 394 g/mol.